The minimum atomic E-state index is -1.12. The normalized spacial score (nSPS) is 12.5. The van der Waals surface area contributed by atoms with Crippen molar-refractivity contribution in [3.8, 4) is 5.75 Å². The molecule has 0 bridgehead atoms. The predicted octanol–water partition coefficient (Wildman–Crippen LogP) is 2.89. The molecule has 0 saturated carbocycles. The number of hydrogen-bond acceptors (Lipinski definition) is 3. The van der Waals surface area contributed by atoms with Crippen molar-refractivity contribution >= 4 is 15.9 Å². The third-order valence-electron chi connectivity index (χ3n) is 2.88. The summed E-state index contributed by atoms with van der Waals surface area (Å²) in [5, 5.41) is 14.5. The fraction of sp³-hybridized carbons (Fsp3) is 0.308. The van der Waals surface area contributed by atoms with Crippen LogP contribution in [-0.2, 0) is 6.54 Å². The van der Waals surface area contributed by atoms with Crippen molar-refractivity contribution in [2.24, 2.45) is 0 Å². The largest absolute Gasteiger partial charge is 0.493 e. The van der Waals surface area contributed by atoms with Crippen LogP contribution in [0, 0.1) is 5.82 Å². The molecule has 0 aliphatic heterocycles. The Balaban J connectivity index is 2.48. The van der Waals surface area contributed by atoms with Crippen molar-refractivity contribution in [1.82, 2.24) is 9.78 Å². The molecule has 1 unspecified atom stereocenters. The molecular formula is C13H14BrFN2O2. The molecule has 1 heterocycles. The molecule has 0 fully saturated rings. The van der Waals surface area contributed by atoms with E-state index in [9.17, 15) is 9.50 Å². The van der Waals surface area contributed by atoms with Crippen LogP contribution in [0.3, 0.4) is 0 Å². The van der Waals surface area contributed by atoms with E-state index in [0.29, 0.717) is 22.5 Å². The van der Waals surface area contributed by atoms with Crippen molar-refractivity contribution < 1.29 is 14.2 Å². The maximum Gasteiger partial charge on any atom is 0.163 e. The number of aliphatic hydroxyl groups excluding tert-OH is 1. The molecule has 1 atom stereocenters. The lowest BCUT2D eigenvalue weighted by Gasteiger charge is -2.15. The van der Waals surface area contributed by atoms with Gasteiger partial charge < -0.3 is 9.84 Å². The molecule has 1 N–H and O–H groups in total. The summed E-state index contributed by atoms with van der Waals surface area (Å²) in [6, 6.07) is 4.54. The Morgan fingerprint density at radius 2 is 2.26 bits per heavy atom. The van der Waals surface area contributed by atoms with Gasteiger partial charge in [0.05, 0.1) is 13.3 Å². The van der Waals surface area contributed by atoms with Gasteiger partial charge in [-0.3, -0.25) is 4.68 Å². The van der Waals surface area contributed by atoms with Gasteiger partial charge in [-0.25, -0.2) is 4.39 Å². The van der Waals surface area contributed by atoms with Crippen LogP contribution in [0.25, 0.3) is 0 Å². The van der Waals surface area contributed by atoms with Gasteiger partial charge in [-0.05, 0) is 19.1 Å². The monoisotopic (exact) mass is 328 g/mol. The van der Waals surface area contributed by atoms with Crippen LogP contribution in [0.5, 0.6) is 5.75 Å². The van der Waals surface area contributed by atoms with E-state index in [-0.39, 0.29) is 5.56 Å². The molecule has 6 heteroatoms. The molecule has 4 nitrogen and oxygen atoms in total. The van der Waals surface area contributed by atoms with Crippen molar-refractivity contribution in [3.63, 3.8) is 0 Å². The van der Waals surface area contributed by atoms with Gasteiger partial charge in [0.25, 0.3) is 0 Å². The zero-order valence-corrected chi connectivity index (χ0v) is 12.2. The maximum absolute atomic E-state index is 13.9. The molecule has 1 aromatic carbocycles. The van der Waals surface area contributed by atoms with E-state index in [1.54, 1.807) is 10.7 Å². The molecule has 2 rings (SSSR count). The highest BCUT2D eigenvalue weighted by molar-refractivity contribution is 9.10. The van der Waals surface area contributed by atoms with Gasteiger partial charge in [-0.2, -0.15) is 5.10 Å². The number of rotatable bonds is 4. The van der Waals surface area contributed by atoms with Crippen LogP contribution in [0.1, 0.15) is 24.3 Å². The van der Waals surface area contributed by atoms with E-state index < -0.39 is 11.9 Å². The van der Waals surface area contributed by atoms with Crippen molar-refractivity contribution in [3.05, 3.63) is 45.9 Å². The SMILES string of the molecule is CCn1ncc(OC)c1C(O)c1ccc(Br)cc1F. The Labute approximate surface area is 118 Å². The summed E-state index contributed by atoms with van der Waals surface area (Å²) in [6.07, 6.45) is 0.393. The lowest BCUT2D eigenvalue weighted by molar-refractivity contribution is 0.197. The van der Waals surface area contributed by atoms with Crippen LogP contribution in [0.15, 0.2) is 28.9 Å². The first-order valence-corrected chi connectivity index (χ1v) is 6.60. The first-order chi connectivity index (χ1) is 9.08. The lowest BCUT2D eigenvalue weighted by Crippen LogP contribution is -2.11. The number of aliphatic hydroxyl groups is 1. The Bertz CT molecular complexity index is 565. The number of methoxy groups -OCH3 is 1. The van der Waals surface area contributed by atoms with E-state index in [1.165, 1.54) is 25.4 Å². The topological polar surface area (TPSA) is 47.3 Å². The summed E-state index contributed by atoms with van der Waals surface area (Å²) in [5.74, 6) is -0.0375. The standard InChI is InChI=1S/C13H14BrFN2O2/c1-3-17-12(11(19-2)7-16-17)13(18)9-5-4-8(14)6-10(9)15/h4-7,13,18H,3H2,1-2H3. The Kier molecular flexibility index (Phi) is 4.21. The molecule has 0 saturated heterocycles. The molecule has 0 aliphatic rings. The second-order valence-electron chi connectivity index (χ2n) is 3.98. The van der Waals surface area contributed by atoms with E-state index in [1.807, 2.05) is 6.92 Å². The quantitative estimate of drug-likeness (QED) is 0.938. The highest BCUT2D eigenvalue weighted by atomic mass is 79.9. The first kappa shape index (κ1) is 14.0. The first-order valence-electron chi connectivity index (χ1n) is 5.81. The van der Waals surface area contributed by atoms with Crippen LogP contribution in [-0.4, -0.2) is 22.0 Å². The number of benzene rings is 1. The zero-order valence-electron chi connectivity index (χ0n) is 10.6. The highest BCUT2D eigenvalue weighted by Crippen LogP contribution is 2.32. The summed E-state index contributed by atoms with van der Waals surface area (Å²) < 4.78 is 21.3. The fourth-order valence-electron chi connectivity index (χ4n) is 1.93. The van der Waals surface area contributed by atoms with Crippen LogP contribution in [0.2, 0.25) is 0 Å². The summed E-state index contributed by atoms with van der Waals surface area (Å²) in [7, 11) is 1.49. The van der Waals surface area contributed by atoms with E-state index in [0.717, 1.165) is 0 Å². The summed E-state index contributed by atoms with van der Waals surface area (Å²) >= 11 is 3.19. The second-order valence-corrected chi connectivity index (χ2v) is 4.90. The number of nitrogens with zero attached hydrogens (tertiary/aromatic N) is 2. The van der Waals surface area contributed by atoms with Gasteiger partial charge in [0.2, 0.25) is 0 Å². The third-order valence-corrected chi connectivity index (χ3v) is 3.37. The molecule has 19 heavy (non-hydrogen) atoms. The average molecular weight is 329 g/mol. The summed E-state index contributed by atoms with van der Waals surface area (Å²) in [6.45, 7) is 2.45. The van der Waals surface area contributed by atoms with Gasteiger partial charge in [0.1, 0.15) is 17.6 Å². The second kappa shape index (κ2) is 5.71. The summed E-state index contributed by atoms with van der Waals surface area (Å²) in [5.41, 5.74) is 0.642. The van der Waals surface area contributed by atoms with E-state index in [4.69, 9.17) is 4.74 Å². The van der Waals surface area contributed by atoms with Crippen LogP contribution < -0.4 is 4.74 Å². The van der Waals surface area contributed by atoms with E-state index >= 15 is 0 Å². The van der Waals surface area contributed by atoms with Gasteiger partial charge in [0.15, 0.2) is 5.75 Å². The van der Waals surface area contributed by atoms with E-state index in [2.05, 4.69) is 21.0 Å². The maximum atomic E-state index is 13.9. The van der Waals surface area contributed by atoms with Crippen molar-refractivity contribution in [1.29, 1.82) is 0 Å². The lowest BCUT2D eigenvalue weighted by atomic mass is 10.1. The minimum absolute atomic E-state index is 0.191. The van der Waals surface area contributed by atoms with Gasteiger partial charge >= 0.3 is 0 Å². The molecule has 0 aliphatic carbocycles. The smallest absolute Gasteiger partial charge is 0.163 e. The Morgan fingerprint density at radius 1 is 1.53 bits per heavy atom. The molecule has 0 spiro atoms. The zero-order chi connectivity index (χ0) is 14.0. The predicted molar refractivity (Wildman–Crippen MR) is 72.6 cm³/mol. The average Bonchev–Trinajstić information content (AvgIpc) is 2.80. The van der Waals surface area contributed by atoms with Crippen LogP contribution in [0.4, 0.5) is 4.39 Å². The van der Waals surface area contributed by atoms with Gasteiger partial charge in [0, 0.05) is 16.6 Å². The van der Waals surface area contributed by atoms with Crippen LogP contribution >= 0.6 is 15.9 Å². The van der Waals surface area contributed by atoms with Crippen molar-refractivity contribution in [2.75, 3.05) is 7.11 Å². The number of ether oxygens (including phenoxy) is 1. The van der Waals surface area contributed by atoms with Gasteiger partial charge in [-0.15, -0.1) is 0 Å². The number of aromatic nitrogens is 2. The molecule has 0 amide bonds. The Hall–Kier alpha value is -1.40. The number of aryl methyl sites for hydroxylation is 1. The number of halogens is 2. The van der Waals surface area contributed by atoms with Crippen molar-refractivity contribution in [2.45, 2.75) is 19.6 Å². The third kappa shape index (κ3) is 2.64. The molecular weight excluding hydrogens is 315 g/mol. The molecule has 2 aromatic rings. The number of hydrogen-bond donors (Lipinski definition) is 1. The summed E-state index contributed by atoms with van der Waals surface area (Å²) in [4.78, 5) is 0. The molecule has 102 valence electrons. The molecule has 0 radical (unpaired) electrons. The molecule has 1 aromatic heterocycles. The van der Waals surface area contributed by atoms with Gasteiger partial charge in [-0.1, -0.05) is 22.0 Å². The Morgan fingerprint density at radius 3 is 2.84 bits per heavy atom. The highest BCUT2D eigenvalue weighted by Gasteiger charge is 2.23. The fourth-order valence-corrected chi connectivity index (χ4v) is 2.27. The minimum Gasteiger partial charge on any atom is -0.493 e.